The fraction of sp³-hybridized carbons (Fsp3) is 0.455. The molecule has 1 aliphatic rings. The molecule has 1 saturated heterocycles. The number of amides is 2. The number of carbonyl (C=O) groups is 2. The summed E-state index contributed by atoms with van der Waals surface area (Å²) in [6.07, 6.45) is 0.479. The van der Waals surface area contributed by atoms with Crippen LogP contribution in [0.2, 0.25) is 0 Å². The predicted molar refractivity (Wildman–Crippen MR) is 108 cm³/mol. The van der Waals surface area contributed by atoms with Crippen LogP contribution in [0.5, 0.6) is 5.75 Å². The van der Waals surface area contributed by atoms with Crippen molar-refractivity contribution in [2.24, 2.45) is 0 Å². The van der Waals surface area contributed by atoms with Gasteiger partial charge in [-0.05, 0) is 44.0 Å². The molecule has 28 heavy (non-hydrogen) atoms. The van der Waals surface area contributed by atoms with Gasteiger partial charge in [-0.3, -0.25) is 4.79 Å². The van der Waals surface area contributed by atoms with Crippen molar-refractivity contribution in [1.29, 1.82) is 0 Å². The molecule has 150 valence electrons. The van der Waals surface area contributed by atoms with Crippen molar-refractivity contribution in [1.82, 2.24) is 9.80 Å². The topological polar surface area (TPSA) is 70.1 Å². The number of fused-ring (bicyclic) bond motifs is 1. The van der Waals surface area contributed by atoms with Crippen LogP contribution in [0.3, 0.4) is 0 Å². The lowest BCUT2D eigenvalue weighted by Crippen LogP contribution is -2.51. The van der Waals surface area contributed by atoms with Gasteiger partial charge in [0.05, 0.1) is 0 Å². The smallest absolute Gasteiger partial charge is 0.410 e. The lowest BCUT2D eigenvalue weighted by Gasteiger charge is -2.35. The fourth-order valence-electron chi connectivity index (χ4n) is 3.44. The third-order valence-electron chi connectivity index (χ3n) is 4.89. The molecule has 0 atom stereocenters. The van der Waals surface area contributed by atoms with Gasteiger partial charge in [0.25, 0.3) is 0 Å². The molecule has 1 N–H and O–H groups in total. The van der Waals surface area contributed by atoms with Crippen LogP contribution in [0.4, 0.5) is 4.79 Å². The second-order valence-electron chi connectivity index (χ2n) is 8.13. The number of hydrogen-bond acceptors (Lipinski definition) is 4. The van der Waals surface area contributed by atoms with Gasteiger partial charge in [0.15, 0.2) is 0 Å². The highest BCUT2D eigenvalue weighted by molar-refractivity contribution is 5.88. The molecule has 0 radical (unpaired) electrons. The van der Waals surface area contributed by atoms with Crippen LogP contribution in [-0.4, -0.2) is 58.7 Å². The molecule has 6 heteroatoms. The Morgan fingerprint density at radius 3 is 2.32 bits per heavy atom. The van der Waals surface area contributed by atoms with E-state index in [-0.39, 0.29) is 17.7 Å². The molecule has 3 rings (SSSR count). The lowest BCUT2D eigenvalue weighted by atomic mass is 9.99. The number of phenolic OH excluding ortho intramolecular Hbond substituents is 1. The van der Waals surface area contributed by atoms with E-state index in [0.717, 1.165) is 16.3 Å². The van der Waals surface area contributed by atoms with E-state index in [2.05, 4.69) is 0 Å². The minimum Gasteiger partial charge on any atom is -0.508 e. The van der Waals surface area contributed by atoms with Crippen LogP contribution in [0.1, 0.15) is 32.8 Å². The van der Waals surface area contributed by atoms with Gasteiger partial charge in [0.2, 0.25) is 5.91 Å². The fourth-order valence-corrected chi connectivity index (χ4v) is 3.44. The first-order chi connectivity index (χ1) is 13.2. The number of phenols is 1. The average molecular weight is 384 g/mol. The van der Waals surface area contributed by atoms with Crippen molar-refractivity contribution >= 4 is 22.8 Å². The Morgan fingerprint density at radius 1 is 1.00 bits per heavy atom. The molecular formula is C22H28N2O4. The summed E-state index contributed by atoms with van der Waals surface area (Å²) in [5.74, 6) is 0.261. The number of benzene rings is 2. The van der Waals surface area contributed by atoms with E-state index in [9.17, 15) is 14.7 Å². The summed E-state index contributed by atoms with van der Waals surface area (Å²) in [5, 5.41) is 12.3. The molecule has 2 aromatic carbocycles. The zero-order chi connectivity index (χ0) is 20.3. The van der Waals surface area contributed by atoms with Crippen molar-refractivity contribution in [3.63, 3.8) is 0 Å². The van der Waals surface area contributed by atoms with Crippen LogP contribution in [0.15, 0.2) is 36.4 Å². The lowest BCUT2D eigenvalue weighted by molar-refractivity contribution is -0.132. The first-order valence-corrected chi connectivity index (χ1v) is 9.70. The van der Waals surface area contributed by atoms with Crippen LogP contribution in [0, 0.1) is 0 Å². The third-order valence-corrected chi connectivity index (χ3v) is 4.89. The summed E-state index contributed by atoms with van der Waals surface area (Å²) < 4.78 is 5.39. The van der Waals surface area contributed by atoms with Gasteiger partial charge in [-0.2, -0.15) is 0 Å². The molecule has 1 fully saturated rings. The monoisotopic (exact) mass is 384 g/mol. The van der Waals surface area contributed by atoms with E-state index in [1.165, 1.54) is 0 Å². The number of rotatable bonds is 3. The first-order valence-electron chi connectivity index (χ1n) is 9.70. The normalized spacial score (nSPS) is 15.0. The van der Waals surface area contributed by atoms with Crippen LogP contribution >= 0.6 is 0 Å². The van der Waals surface area contributed by atoms with Gasteiger partial charge >= 0.3 is 6.09 Å². The van der Waals surface area contributed by atoms with Gasteiger partial charge in [0, 0.05) is 38.2 Å². The number of aromatic hydroxyl groups is 1. The van der Waals surface area contributed by atoms with E-state index in [0.29, 0.717) is 39.0 Å². The minimum absolute atomic E-state index is 0.0381. The Bertz CT molecular complexity index is 864. The first kappa shape index (κ1) is 20.0. The zero-order valence-corrected chi connectivity index (χ0v) is 16.8. The summed E-state index contributed by atoms with van der Waals surface area (Å²) in [6.45, 7) is 7.47. The molecule has 0 saturated carbocycles. The molecule has 1 heterocycles. The van der Waals surface area contributed by atoms with E-state index in [4.69, 9.17) is 4.74 Å². The number of ether oxygens (including phenoxy) is 1. The standard InChI is InChI=1S/C22H28N2O4/c1-22(2,3)28-21(27)24-14-12-23(13-15-24)20(26)11-9-18-17-7-5-4-6-16(17)8-10-19(18)25/h4-8,10,25H,9,11-15H2,1-3H3. The second kappa shape index (κ2) is 8.09. The molecule has 0 aromatic heterocycles. The van der Waals surface area contributed by atoms with Crippen LogP contribution in [0.25, 0.3) is 10.8 Å². The van der Waals surface area contributed by atoms with E-state index in [1.807, 2.05) is 51.1 Å². The molecule has 2 aromatic rings. The van der Waals surface area contributed by atoms with Crippen molar-refractivity contribution in [3.05, 3.63) is 42.0 Å². The van der Waals surface area contributed by atoms with Gasteiger partial charge in [-0.1, -0.05) is 30.3 Å². The highest BCUT2D eigenvalue weighted by Gasteiger charge is 2.27. The summed E-state index contributed by atoms with van der Waals surface area (Å²) >= 11 is 0. The number of aryl methyl sites for hydroxylation is 1. The highest BCUT2D eigenvalue weighted by Crippen LogP contribution is 2.28. The molecule has 2 amide bonds. The van der Waals surface area contributed by atoms with Crippen LogP contribution in [-0.2, 0) is 16.0 Å². The maximum atomic E-state index is 12.6. The van der Waals surface area contributed by atoms with Gasteiger partial charge in [0.1, 0.15) is 11.4 Å². The Hall–Kier alpha value is -2.76. The number of carbonyl (C=O) groups excluding carboxylic acids is 2. The maximum absolute atomic E-state index is 12.6. The predicted octanol–water partition coefficient (Wildman–Crippen LogP) is 3.56. The number of piperazine rings is 1. The minimum atomic E-state index is -0.523. The Balaban J connectivity index is 1.56. The van der Waals surface area contributed by atoms with Crippen molar-refractivity contribution < 1.29 is 19.4 Å². The Labute approximate surface area is 165 Å². The van der Waals surface area contributed by atoms with Crippen molar-refractivity contribution in [3.8, 4) is 5.75 Å². The van der Waals surface area contributed by atoms with Gasteiger partial charge in [-0.15, -0.1) is 0 Å². The van der Waals surface area contributed by atoms with E-state index in [1.54, 1.807) is 15.9 Å². The maximum Gasteiger partial charge on any atom is 0.410 e. The zero-order valence-electron chi connectivity index (χ0n) is 16.8. The Morgan fingerprint density at radius 2 is 1.64 bits per heavy atom. The number of nitrogens with zero attached hydrogens (tertiary/aromatic N) is 2. The third kappa shape index (κ3) is 4.74. The highest BCUT2D eigenvalue weighted by atomic mass is 16.6. The molecule has 1 aliphatic heterocycles. The summed E-state index contributed by atoms with van der Waals surface area (Å²) in [5.41, 5.74) is 0.281. The molecular weight excluding hydrogens is 356 g/mol. The largest absolute Gasteiger partial charge is 0.508 e. The number of hydrogen-bond donors (Lipinski definition) is 1. The van der Waals surface area contributed by atoms with E-state index < -0.39 is 5.60 Å². The second-order valence-corrected chi connectivity index (χ2v) is 8.13. The quantitative estimate of drug-likeness (QED) is 0.878. The summed E-state index contributed by atoms with van der Waals surface area (Å²) in [7, 11) is 0. The SMILES string of the molecule is CC(C)(C)OC(=O)N1CCN(C(=O)CCc2c(O)ccc3ccccc23)CC1. The average Bonchev–Trinajstić information content (AvgIpc) is 2.66. The molecule has 0 bridgehead atoms. The molecule has 0 unspecified atom stereocenters. The summed E-state index contributed by atoms with van der Waals surface area (Å²) in [4.78, 5) is 28.2. The summed E-state index contributed by atoms with van der Waals surface area (Å²) in [6, 6.07) is 11.4. The molecule has 6 nitrogen and oxygen atoms in total. The van der Waals surface area contributed by atoms with Crippen molar-refractivity contribution in [2.75, 3.05) is 26.2 Å². The van der Waals surface area contributed by atoms with Gasteiger partial charge in [-0.25, -0.2) is 4.79 Å². The molecule has 0 spiro atoms. The van der Waals surface area contributed by atoms with Crippen molar-refractivity contribution in [2.45, 2.75) is 39.2 Å². The van der Waals surface area contributed by atoms with Crippen LogP contribution < -0.4 is 0 Å². The van der Waals surface area contributed by atoms with E-state index >= 15 is 0 Å². The molecule has 0 aliphatic carbocycles. The van der Waals surface area contributed by atoms with Gasteiger partial charge < -0.3 is 19.6 Å². The Kier molecular flexibility index (Phi) is 5.77.